The SMILES string of the molecule is COCC(CCCN)N(C)Cc1ccncc1. The summed E-state index contributed by atoms with van der Waals surface area (Å²) in [5.41, 5.74) is 6.83. The first-order valence-corrected chi connectivity index (χ1v) is 6.06. The predicted molar refractivity (Wildman–Crippen MR) is 69.7 cm³/mol. The molecule has 0 fully saturated rings. The number of aromatic nitrogens is 1. The van der Waals surface area contributed by atoms with Crippen LogP contribution in [0.1, 0.15) is 18.4 Å². The van der Waals surface area contributed by atoms with Crippen LogP contribution in [-0.2, 0) is 11.3 Å². The van der Waals surface area contributed by atoms with E-state index in [4.69, 9.17) is 10.5 Å². The maximum Gasteiger partial charge on any atom is 0.0618 e. The summed E-state index contributed by atoms with van der Waals surface area (Å²) < 4.78 is 5.27. The van der Waals surface area contributed by atoms with Gasteiger partial charge in [-0.3, -0.25) is 9.88 Å². The van der Waals surface area contributed by atoms with Gasteiger partial charge < -0.3 is 10.5 Å². The first kappa shape index (κ1) is 14.1. The van der Waals surface area contributed by atoms with Gasteiger partial charge in [0.1, 0.15) is 0 Å². The van der Waals surface area contributed by atoms with Crippen molar-refractivity contribution in [2.24, 2.45) is 5.73 Å². The minimum absolute atomic E-state index is 0.428. The van der Waals surface area contributed by atoms with E-state index in [9.17, 15) is 0 Å². The van der Waals surface area contributed by atoms with Gasteiger partial charge in [0.25, 0.3) is 0 Å². The van der Waals surface area contributed by atoms with E-state index in [0.717, 1.165) is 32.5 Å². The molecule has 1 aromatic heterocycles. The van der Waals surface area contributed by atoms with Gasteiger partial charge in [-0.15, -0.1) is 0 Å². The second kappa shape index (κ2) is 8.17. The third-order valence-corrected chi connectivity index (χ3v) is 2.91. The van der Waals surface area contributed by atoms with Gasteiger partial charge in [0.15, 0.2) is 0 Å². The first-order chi connectivity index (χ1) is 8.27. The fourth-order valence-electron chi connectivity index (χ4n) is 1.88. The number of methoxy groups -OCH3 is 1. The zero-order chi connectivity index (χ0) is 12.5. The van der Waals surface area contributed by atoms with Crippen LogP contribution in [0.25, 0.3) is 0 Å². The van der Waals surface area contributed by atoms with Gasteiger partial charge in [-0.1, -0.05) is 0 Å². The van der Waals surface area contributed by atoms with Gasteiger partial charge in [-0.2, -0.15) is 0 Å². The van der Waals surface area contributed by atoms with Gasteiger partial charge in [-0.25, -0.2) is 0 Å². The molecular weight excluding hydrogens is 214 g/mol. The number of pyridine rings is 1. The zero-order valence-corrected chi connectivity index (χ0v) is 10.8. The monoisotopic (exact) mass is 237 g/mol. The molecular formula is C13H23N3O. The molecule has 1 heterocycles. The van der Waals surface area contributed by atoms with Crippen LogP contribution in [0.5, 0.6) is 0 Å². The maximum absolute atomic E-state index is 5.56. The molecule has 1 unspecified atom stereocenters. The Hall–Kier alpha value is -0.970. The first-order valence-electron chi connectivity index (χ1n) is 6.06. The number of ether oxygens (including phenoxy) is 1. The molecule has 4 heteroatoms. The molecule has 96 valence electrons. The van der Waals surface area contributed by atoms with Crippen LogP contribution in [0.3, 0.4) is 0 Å². The van der Waals surface area contributed by atoms with Crippen molar-refractivity contribution in [3.63, 3.8) is 0 Å². The van der Waals surface area contributed by atoms with Crippen LogP contribution in [0.2, 0.25) is 0 Å². The number of likely N-dealkylation sites (N-methyl/N-ethyl adjacent to an activating group) is 1. The highest BCUT2D eigenvalue weighted by molar-refractivity contribution is 5.09. The van der Waals surface area contributed by atoms with E-state index in [2.05, 4.69) is 16.9 Å². The van der Waals surface area contributed by atoms with E-state index in [0.29, 0.717) is 6.04 Å². The molecule has 4 nitrogen and oxygen atoms in total. The molecule has 0 aliphatic carbocycles. The summed E-state index contributed by atoms with van der Waals surface area (Å²) in [7, 11) is 3.87. The van der Waals surface area contributed by atoms with Crippen molar-refractivity contribution >= 4 is 0 Å². The van der Waals surface area contributed by atoms with Crippen molar-refractivity contribution in [3.8, 4) is 0 Å². The van der Waals surface area contributed by atoms with E-state index in [-0.39, 0.29) is 0 Å². The molecule has 0 aromatic carbocycles. The minimum Gasteiger partial charge on any atom is -0.383 e. The van der Waals surface area contributed by atoms with Gasteiger partial charge in [0.05, 0.1) is 6.61 Å². The highest BCUT2D eigenvalue weighted by Crippen LogP contribution is 2.10. The molecule has 1 aromatic rings. The molecule has 0 radical (unpaired) electrons. The van der Waals surface area contributed by atoms with Crippen LogP contribution in [0.4, 0.5) is 0 Å². The number of rotatable bonds is 8. The summed E-state index contributed by atoms with van der Waals surface area (Å²) in [6.45, 7) is 2.41. The third-order valence-electron chi connectivity index (χ3n) is 2.91. The van der Waals surface area contributed by atoms with E-state index < -0.39 is 0 Å². The number of nitrogens with zero attached hydrogens (tertiary/aromatic N) is 2. The lowest BCUT2D eigenvalue weighted by Crippen LogP contribution is -2.35. The van der Waals surface area contributed by atoms with Crippen LogP contribution >= 0.6 is 0 Å². The lowest BCUT2D eigenvalue weighted by molar-refractivity contribution is 0.0962. The van der Waals surface area contributed by atoms with Crippen molar-refractivity contribution in [2.75, 3.05) is 27.3 Å². The molecule has 0 saturated heterocycles. The number of nitrogens with two attached hydrogens (primary N) is 1. The summed E-state index contributed by atoms with van der Waals surface area (Å²) in [5.74, 6) is 0. The summed E-state index contributed by atoms with van der Waals surface area (Å²) in [5, 5.41) is 0. The predicted octanol–water partition coefficient (Wildman–Crippen LogP) is 1.27. The second-order valence-electron chi connectivity index (χ2n) is 4.31. The Bertz CT molecular complexity index is 292. The molecule has 1 atom stereocenters. The van der Waals surface area contributed by atoms with E-state index in [1.165, 1.54) is 5.56 Å². The average Bonchev–Trinajstić information content (AvgIpc) is 2.35. The van der Waals surface area contributed by atoms with Crippen molar-refractivity contribution in [1.29, 1.82) is 0 Å². The Labute approximate surface area is 104 Å². The Morgan fingerprint density at radius 2 is 2.12 bits per heavy atom. The third kappa shape index (κ3) is 5.26. The van der Waals surface area contributed by atoms with Gasteiger partial charge in [0.2, 0.25) is 0 Å². The second-order valence-corrected chi connectivity index (χ2v) is 4.31. The molecule has 1 rings (SSSR count). The Morgan fingerprint density at radius 1 is 1.41 bits per heavy atom. The van der Waals surface area contributed by atoms with Crippen molar-refractivity contribution in [1.82, 2.24) is 9.88 Å². The van der Waals surface area contributed by atoms with E-state index >= 15 is 0 Å². The lowest BCUT2D eigenvalue weighted by Gasteiger charge is -2.27. The lowest BCUT2D eigenvalue weighted by atomic mass is 10.1. The molecule has 17 heavy (non-hydrogen) atoms. The molecule has 0 saturated carbocycles. The Morgan fingerprint density at radius 3 is 2.71 bits per heavy atom. The average molecular weight is 237 g/mol. The highest BCUT2D eigenvalue weighted by atomic mass is 16.5. The van der Waals surface area contributed by atoms with E-state index in [1.54, 1.807) is 7.11 Å². The smallest absolute Gasteiger partial charge is 0.0618 e. The quantitative estimate of drug-likeness (QED) is 0.739. The van der Waals surface area contributed by atoms with Gasteiger partial charge in [0, 0.05) is 32.1 Å². The Balaban J connectivity index is 2.49. The largest absolute Gasteiger partial charge is 0.383 e. The normalized spacial score (nSPS) is 12.9. The van der Waals surface area contributed by atoms with Crippen molar-refractivity contribution < 1.29 is 4.74 Å². The van der Waals surface area contributed by atoms with Crippen molar-refractivity contribution in [2.45, 2.75) is 25.4 Å². The molecule has 0 aliphatic rings. The number of hydrogen-bond acceptors (Lipinski definition) is 4. The molecule has 0 bridgehead atoms. The topological polar surface area (TPSA) is 51.4 Å². The van der Waals surface area contributed by atoms with Crippen molar-refractivity contribution in [3.05, 3.63) is 30.1 Å². The van der Waals surface area contributed by atoms with Crippen LogP contribution < -0.4 is 5.73 Å². The molecule has 0 aliphatic heterocycles. The standard InChI is InChI=1S/C13H23N3O/c1-16(10-12-5-8-15-9-6-12)13(11-17-2)4-3-7-14/h5-6,8-9,13H,3-4,7,10-11,14H2,1-2H3. The van der Waals surface area contributed by atoms with Crippen LogP contribution in [0, 0.1) is 0 Å². The summed E-state index contributed by atoms with van der Waals surface area (Å²) in [6, 6.07) is 4.52. The number of hydrogen-bond donors (Lipinski definition) is 1. The summed E-state index contributed by atoms with van der Waals surface area (Å²) in [4.78, 5) is 6.34. The summed E-state index contributed by atoms with van der Waals surface area (Å²) >= 11 is 0. The van der Waals surface area contributed by atoms with Crippen LogP contribution in [-0.4, -0.2) is 43.2 Å². The highest BCUT2D eigenvalue weighted by Gasteiger charge is 2.14. The maximum atomic E-state index is 5.56. The fourth-order valence-corrected chi connectivity index (χ4v) is 1.88. The molecule has 0 spiro atoms. The summed E-state index contributed by atoms with van der Waals surface area (Å²) in [6.07, 6.45) is 5.77. The van der Waals surface area contributed by atoms with Gasteiger partial charge in [-0.05, 0) is 44.1 Å². The van der Waals surface area contributed by atoms with Crippen LogP contribution in [0.15, 0.2) is 24.5 Å². The minimum atomic E-state index is 0.428. The fraction of sp³-hybridized carbons (Fsp3) is 0.615. The Kier molecular flexibility index (Phi) is 6.77. The van der Waals surface area contributed by atoms with E-state index in [1.807, 2.05) is 24.5 Å². The molecule has 0 amide bonds. The zero-order valence-electron chi connectivity index (χ0n) is 10.8. The van der Waals surface area contributed by atoms with Gasteiger partial charge >= 0.3 is 0 Å². The molecule has 2 N–H and O–H groups in total.